The van der Waals surface area contributed by atoms with Crippen LogP contribution in [0.15, 0.2) is 16.5 Å². The van der Waals surface area contributed by atoms with Crippen molar-refractivity contribution in [3.63, 3.8) is 0 Å². The Kier molecular flexibility index (Phi) is 4.87. The van der Waals surface area contributed by atoms with E-state index in [0.717, 1.165) is 19.1 Å². The molecule has 0 spiro atoms. The van der Waals surface area contributed by atoms with E-state index in [2.05, 4.69) is 5.32 Å². The van der Waals surface area contributed by atoms with Crippen molar-refractivity contribution in [2.45, 2.75) is 31.8 Å². The van der Waals surface area contributed by atoms with Gasteiger partial charge in [-0.3, -0.25) is 4.79 Å². The number of nitrogens with one attached hydrogen (secondary N) is 1. The van der Waals surface area contributed by atoms with E-state index in [1.807, 2.05) is 0 Å². The van der Waals surface area contributed by atoms with Gasteiger partial charge in [-0.15, -0.1) is 0 Å². The van der Waals surface area contributed by atoms with Crippen molar-refractivity contribution in [1.29, 1.82) is 0 Å². The summed E-state index contributed by atoms with van der Waals surface area (Å²) in [6.07, 6.45) is 3.08. The molecule has 1 atom stereocenters. The van der Waals surface area contributed by atoms with Crippen LogP contribution < -0.4 is 5.32 Å². The average molecular weight is 330 g/mol. The van der Waals surface area contributed by atoms with Crippen molar-refractivity contribution in [3.05, 3.63) is 23.7 Å². The molecule has 0 aliphatic carbocycles. The first-order valence-electron chi connectivity index (χ1n) is 6.85. The summed E-state index contributed by atoms with van der Waals surface area (Å²) in [5, 5.41) is 11.3. The van der Waals surface area contributed by atoms with Gasteiger partial charge in [0.2, 0.25) is 21.7 Å². The lowest BCUT2D eigenvalue weighted by Crippen LogP contribution is -2.51. The van der Waals surface area contributed by atoms with Gasteiger partial charge in [-0.2, -0.15) is 4.31 Å². The van der Waals surface area contributed by atoms with E-state index in [-0.39, 0.29) is 12.3 Å². The SMILES string of the molecule is CS(=O)(=O)N1CCCC[C@H]1C(=O)NCc1ccc(C(=O)O)o1. The quantitative estimate of drug-likeness (QED) is 0.807. The molecule has 2 N–H and O–H groups in total. The molecule has 2 heterocycles. The molecule has 1 aliphatic heterocycles. The largest absolute Gasteiger partial charge is 0.475 e. The number of carbonyl (C=O) groups is 2. The molecule has 0 aromatic carbocycles. The summed E-state index contributed by atoms with van der Waals surface area (Å²) in [6.45, 7) is 0.348. The molecule has 1 amide bonds. The van der Waals surface area contributed by atoms with Crippen molar-refractivity contribution >= 4 is 21.9 Å². The molecule has 0 saturated carbocycles. The van der Waals surface area contributed by atoms with E-state index in [1.165, 1.54) is 16.4 Å². The molecule has 1 fully saturated rings. The minimum absolute atomic E-state index is 0.0141. The maximum absolute atomic E-state index is 12.2. The second kappa shape index (κ2) is 6.49. The Hall–Kier alpha value is -1.87. The van der Waals surface area contributed by atoms with Crippen molar-refractivity contribution in [1.82, 2.24) is 9.62 Å². The Morgan fingerprint density at radius 1 is 1.41 bits per heavy atom. The summed E-state index contributed by atoms with van der Waals surface area (Å²) >= 11 is 0. The van der Waals surface area contributed by atoms with Gasteiger partial charge in [0.05, 0.1) is 12.8 Å². The molecule has 1 aromatic rings. The van der Waals surface area contributed by atoms with E-state index in [1.54, 1.807) is 0 Å². The molecule has 2 rings (SSSR count). The number of carboxylic acids is 1. The summed E-state index contributed by atoms with van der Waals surface area (Å²) < 4.78 is 29.7. The lowest BCUT2D eigenvalue weighted by molar-refractivity contribution is -0.125. The second-order valence-electron chi connectivity index (χ2n) is 5.17. The van der Waals surface area contributed by atoms with Gasteiger partial charge in [-0.1, -0.05) is 6.42 Å². The normalized spacial score (nSPS) is 19.8. The average Bonchev–Trinajstić information content (AvgIpc) is 2.93. The van der Waals surface area contributed by atoms with Crippen LogP contribution in [0.4, 0.5) is 0 Å². The zero-order valence-corrected chi connectivity index (χ0v) is 12.9. The fourth-order valence-electron chi connectivity index (χ4n) is 2.44. The van der Waals surface area contributed by atoms with E-state index in [0.29, 0.717) is 18.7 Å². The Balaban J connectivity index is 1.99. The molecule has 122 valence electrons. The van der Waals surface area contributed by atoms with Gasteiger partial charge in [0.1, 0.15) is 11.8 Å². The van der Waals surface area contributed by atoms with E-state index < -0.39 is 27.9 Å². The van der Waals surface area contributed by atoms with E-state index in [9.17, 15) is 18.0 Å². The number of aromatic carboxylic acids is 1. The molecule has 1 aliphatic rings. The van der Waals surface area contributed by atoms with Gasteiger partial charge in [-0.25, -0.2) is 13.2 Å². The van der Waals surface area contributed by atoms with Crippen LogP contribution in [0, 0.1) is 0 Å². The van der Waals surface area contributed by atoms with Crippen molar-refractivity contribution < 1.29 is 27.5 Å². The molecular formula is C13H18N2O6S. The monoisotopic (exact) mass is 330 g/mol. The predicted octanol–water partition coefficient (Wildman–Crippen LogP) is 0.408. The molecule has 0 unspecified atom stereocenters. The lowest BCUT2D eigenvalue weighted by Gasteiger charge is -2.32. The zero-order chi connectivity index (χ0) is 16.3. The number of carbonyl (C=O) groups excluding carboxylic acids is 1. The summed E-state index contributed by atoms with van der Waals surface area (Å²) in [6, 6.07) is 2.03. The van der Waals surface area contributed by atoms with Gasteiger partial charge in [-0.05, 0) is 25.0 Å². The predicted molar refractivity (Wildman–Crippen MR) is 76.7 cm³/mol. The van der Waals surface area contributed by atoms with Crippen LogP contribution >= 0.6 is 0 Å². The lowest BCUT2D eigenvalue weighted by atomic mass is 10.0. The third-order valence-corrected chi connectivity index (χ3v) is 4.78. The molecule has 1 saturated heterocycles. The van der Waals surface area contributed by atoms with Crippen LogP contribution in [0.1, 0.15) is 35.6 Å². The van der Waals surface area contributed by atoms with Crippen molar-refractivity contribution in [3.8, 4) is 0 Å². The first-order chi connectivity index (χ1) is 10.3. The number of nitrogens with zero attached hydrogens (tertiary/aromatic N) is 1. The van der Waals surface area contributed by atoms with Crippen molar-refractivity contribution in [2.75, 3.05) is 12.8 Å². The highest BCUT2D eigenvalue weighted by Gasteiger charge is 2.34. The van der Waals surface area contributed by atoms with Gasteiger partial charge >= 0.3 is 5.97 Å². The highest BCUT2D eigenvalue weighted by molar-refractivity contribution is 7.88. The van der Waals surface area contributed by atoms with Crippen molar-refractivity contribution in [2.24, 2.45) is 0 Å². The second-order valence-corrected chi connectivity index (χ2v) is 7.11. The third kappa shape index (κ3) is 3.86. The summed E-state index contributed by atoms with van der Waals surface area (Å²) in [5.41, 5.74) is 0. The number of hydrogen-bond acceptors (Lipinski definition) is 5. The van der Waals surface area contributed by atoms with Gasteiger partial charge in [0.15, 0.2) is 0 Å². The molecule has 1 aromatic heterocycles. The summed E-state index contributed by atoms with van der Waals surface area (Å²) in [7, 11) is -3.44. The maximum atomic E-state index is 12.2. The fourth-order valence-corrected chi connectivity index (χ4v) is 3.57. The molecular weight excluding hydrogens is 312 g/mol. The number of hydrogen-bond donors (Lipinski definition) is 2. The Morgan fingerprint density at radius 2 is 2.14 bits per heavy atom. The van der Waals surface area contributed by atoms with Crippen LogP contribution in [0.25, 0.3) is 0 Å². The number of piperidine rings is 1. The van der Waals surface area contributed by atoms with Crippen LogP contribution in [0.2, 0.25) is 0 Å². The van der Waals surface area contributed by atoms with Gasteiger partial charge < -0.3 is 14.8 Å². The molecule has 0 bridgehead atoms. The molecule has 9 heteroatoms. The fraction of sp³-hybridized carbons (Fsp3) is 0.538. The Labute approximate surface area is 128 Å². The smallest absolute Gasteiger partial charge is 0.371 e. The number of carboxylic acid groups (broad SMARTS) is 1. The number of furan rings is 1. The van der Waals surface area contributed by atoms with Crippen LogP contribution in [-0.2, 0) is 21.4 Å². The number of sulfonamides is 1. The standard InChI is InChI=1S/C13H18N2O6S/c1-22(19,20)15-7-3-2-4-10(15)12(16)14-8-9-5-6-11(21-9)13(17)18/h5-6,10H,2-4,7-8H2,1H3,(H,14,16)(H,17,18)/t10-/m0/s1. The van der Waals surface area contributed by atoms with E-state index >= 15 is 0 Å². The Morgan fingerprint density at radius 3 is 2.73 bits per heavy atom. The third-order valence-electron chi connectivity index (χ3n) is 3.49. The number of rotatable bonds is 5. The highest BCUT2D eigenvalue weighted by Crippen LogP contribution is 2.20. The maximum Gasteiger partial charge on any atom is 0.371 e. The first-order valence-corrected chi connectivity index (χ1v) is 8.70. The topological polar surface area (TPSA) is 117 Å². The number of amides is 1. The summed E-state index contributed by atoms with van der Waals surface area (Å²) in [4.78, 5) is 22.9. The minimum atomic E-state index is -3.44. The minimum Gasteiger partial charge on any atom is -0.475 e. The van der Waals surface area contributed by atoms with Gasteiger partial charge in [0, 0.05) is 6.54 Å². The summed E-state index contributed by atoms with van der Waals surface area (Å²) in [5.74, 6) is -1.50. The van der Waals surface area contributed by atoms with Gasteiger partial charge in [0.25, 0.3) is 0 Å². The molecule has 22 heavy (non-hydrogen) atoms. The molecule has 0 radical (unpaired) electrons. The van der Waals surface area contributed by atoms with Crippen LogP contribution in [-0.4, -0.2) is 48.5 Å². The highest BCUT2D eigenvalue weighted by atomic mass is 32.2. The van der Waals surface area contributed by atoms with Crippen LogP contribution in [0.3, 0.4) is 0 Å². The first kappa shape index (κ1) is 16.5. The molecule has 8 nitrogen and oxygen atoms in total. The van der Waals surface area contributed by atoms with Crippen LogP contribution in [0.5, 0.6) is 0 Å². The Bertz CT molecular complexity index is 666. The van der Waals surface area contributed by atoms with E-state index in [4.69, 9.17) is 9.52 Å². The zero-order valence-electron chi connectivity index (χ0n) is 12.1.